The van der Waals surface area contributed by atoms with E-state index in [0.29, 0.717) is 12.6 Å². The van der Waals surface area contributed by atoms with Gasteiger partial charge in [0.25, 0.3) is 0 Å². The standard InChI is InChI=1S/C20H22N4O/c1-12-9-22-20-14(12)7-13(10-23-20)19-8-15(17-3-2-5-21-17)16-11-25-6-4-18(16)24-19/h7-10,17,21H,2-6,11H2,1H3,(H,22,23)/t17-/m1/s1. The number of hydrogen-bond donors (Lipinski definition) is 2. The van der Waals surface area contributed by atoms with Crippen molar-refractivity contribution in [3.63, 3.8) is 0 Å². The van der Waals surface area contributed by atoms with Gasteiger partial charge in [-0.1, -0.05) is 0 Å². The largest absolute Gasteiger partial charge is 0.376 e. The van der Waals surface area contributed by atoms with Gasteiger partial charge in [0, 0.05) is 47.1 Å². The summed E-state index contributed by atoms with van der Waals surface area (Å²) in [7, 11) is 0. The molecule has 5 nitrogen and oxygen atoms in total. The van der Waals surface area contributed by atoms with Crippen molar-refractivity contribution in [3.8, 4) is 11.3 Å². The van der Waals surface area contributed by atoms with Crippen molar-refractivity contribution in [1.82, 2.24) is 20.3 Å². The fourth-order valence-corrected chi connectivity index (χ4v) is 4.05. The van der Waals surface area contributed by atoms with Gasteiger partial charge in [-0.05, 0) is 49.6 Å². The zero-order chi connectivity index (χ0) is 16.8. The third kappa shape index (κ3) is 2.55. The molecule has 1 fully saturated rings. The number of aromatic nitrogens is 3. The highest BCUT2D eigenvalue weighted by molar-refractivity contribution is 5.83. The molecule has 1 saturated heterocycles. The highest BCUT2D eigenvalue weighted by Crippen LogP contribution is 2.33. The lowest BCUT2D eigenvalue weighted by Gasteiger charge is -2.23. The van der Waals surface area contributed by atoms with Gasteiger partial charge < -0.3 is 15.0 Å². The summed E-state index contributed by atoms with van der Waals surface area (Å²) in [6.45, 7) is 4.64. The van der Waals surface area contributed by atoms with Crippen LogP contribution >= 0.6 is 0 Å². The molecular formula is C20H22N4O. The Bertz CT molecular complexity index is 940. The van der Waals surface area contributed by atoms with E-state index in [2.05, 4.69) is 34.3 Å². The molecule has 3 aromatic heterocycles. The Morgan fingerprint density at radius 3 is 3.12 bits per heavy atom. The Kier molecular flexibility index (Phi) is 3.57. The van der Waals surface area contributed by atoms with Crippen LogP contribution in [0.4, 0.5) is 0 Å². The van der Waals surface area contributed by atoms with Crippen LogP contribution in [-0.2, 0) is 17.8 Å². The van der Waals surface area contributed by atoms with Crippen LogP contribution in [0.25, 0.3) is 22.3 Å². The van der Waals surface area contributed by atoms with Crippen molar-refractivity contribution in [2.75, 3.05) is 13.2 Å². The summed E-state index contributed by atoms with van der Waals surface area (Å²) in [5.74, 6) is 0. The minimum Gasteiger partial charge on any atom is -0.376 e. The van der Waals surface area contributed by atoms with Gasteiger partial charge in [0.05, 0.1) is 18.9 Å². The minimum absolute atomic E-state index is 0.419. The molecule has 0 amide bonds. The van der Waals surface area contributed by atoms with Crippen molar-refractivity contribution in [1.29, 1.82) is 0 Å². The summed E-state index contributed by atoms with van der Waals surface area (Å²) in [6.07, 6.45) is 7.24. The summed E-state index contributed by atoms with van der Waals surface area (Å²) in [5, 5.41) is 4.80. The number of H-pyrrole nitrogens is 1. The summed E-state index contributed by atoms with van der Waals surface area (Å²) < 4.78 is 5.72. The van der Waals surface area contributed by atoms with Crippen LogP contribution in [0.2, 0.25) is 0 Å². The van der Waals surface area contributed by atoms with Gasteiger partial charge in [-0.2, -0.15) is 0 Å². The van der Waals surface area contributed by atoms with E-state index in [-0.39, 0.29) is 0 Å². The molecule has 128 valence electrons. The topological polar surface area (TPSA) is 62.8 Å². The second kappa shape index (κ2) is 5.93. The average molecular weight is 334 g/mol. The molecule has 2 aliphatic rings. The van der Waals surface area contributed by atoms with Crippen LogP contribution in [0, 0.1) is 6.92 Å². The predicted octanol–water partition coefficient (Wildman–Crippen LogP) is 3.43. The lowest BCUT2D eigenvalue weighted by Crippen LogP contribution is -2.20. The quantitative estimate of drug-likeness (QED) is 0.754. The Hall–Kier alpha value is -2.24. The number of rotatable bonds is 2. The minimum atomic E-state index is 0.419. The van der Waals surface area contributed by atoms with Crippen molar-refractivity contribution in [2.24, 2.45) is 0 Å². The number of aryl methyl sites for hydroxylation is 1. The number of pyridine rings is 2. The van der Waals surface area contributed by atoms with E-state index in [1.165, 1.54) is 40.6 Å². The van der Waals surface area contributed by atoms with E-state index >= 15 is 0 Å². The van der Waals surface area contributed by atoms with Crippen molar-refractivity contribution < 1.29 is 4.74 Å². The van der Waals surface area contributed by atoms with Crippen molar-refractivity contribution >= 4 is 11.0 Å². The van der Waals surface area contributed by atoms with Gasteiger partial charge >= 0.3 is 0 Å². The summed E-state index contributed by atoms with van der Waals surface area (Å²) >= 11 is 0. The molecule has 1 atom stereocenters. The first kappa shape index (κ1) is 15.0. The molecule has 5 heteroatoms. The fourth-order valence-electron chi connectivity index (χ4n) is 4.05. The zero-order valence-electron chi connectivity index (χ0n) is 14.4. The van der Waals surface area contributed by atoms with E-state index in [1.54, 1.807) is 0 Å². The van der Waals surface area contributed by atoms with E-state index < -0.39 is 0 Å². The maximum absolute atomic E-state index is 5.72. The molecule has 5 rings (SSSR count). The smallest absolute Gasteiger partial charge is 0.137 e. The van der Waals surface area contributed by atoms with Crippen molar-refractivity contribution in [2.45, 2.75) is 38.8 Å². The SMILES string of the molecule is Cc1c[nH]c2ncc(-c3cc([C@H]4CCCN4)c4c(n3)CCOC4)cc12. The average Bonchev–Trinajstić information content (AvgIpc) is 3.31. The zero-order valence-corrected chi connectivity index (χ0v) is 14.4. The number of aromatic amines is 1. The molecule has 25 heavy (non-hydrogen) atoms. The van der Waals surface area contributed by atoms with E-state index in [1.807, 2.05) is 12.4 Å². The van der Waals surface area contributed by atoms with E-state index in [4.69, 9.17) is 9.72 Å². The molecule has 0 radical (unpaired) electrons. The lowest BCUT2D eigenvalue weighted by atomic mass is 9.94. The van der Waals surface area contributed by atoms with Crippen LogP contribution in [-0.4, -0.2) is 28.1 Å². The Morgan fingerprint density at radius 2 is 2.24 bits per heavy atom. The molecular weight excluding hydrogens is 312 g/mol. The first-order valence-corrected chi connectivity index (χ1v) is 9.07. The molecule has 5 heterocycles. The third-order valence-electron chi connectivity index (χ3n) is 5.44. The first-order chi connectivity index (χ1) is 12.3. The summed E-state index contributed by atoms with van der Waals surface area (Å²) in [5.41, 5.74) is 8.12. The molecule has 0 saturated carbocycles. The Morgan fingerprint density at radius 1 is 1.28 bits per heavy atom. The maximum Gasteiger partial charge on any atom is 0.137 e. The summed E-state index contributed by atoms with van der Waals surface area (Å²) in [6, 6.07) is 4.87. The van der Waals surface area contributed by atoms with Gasteiger partial charge in [-0.25, -0.2) is 4.98 Å². The number of nitrogens with zero attached hydrogens (tertiary/aromatic N) is 2. The maximum atomic E-state index is 5.72. The Balaban J connectivity index is 1.66. The van der Waals surface area contributed by atoms with Gasteiger partial charge in [-0.15, -0.1) is 0 Å². The molecule has 3 aromatic rings. The molecule has 0 aromatic carbocycles. The van der Waals surface area contributed by atoms with Gasteiger partial charge in [0.15, 0.2) is 0 Å². The second-order valence-electron chi connectivity index (χ2n) is 7.07. The first-order valence-electron chi connectivity index (χ1n) is 9.07. The third-order valence-corrected chi connectivity index (χ3v) is 5.44. The van der Waals surface area contributed by atoms with Crippen LogP contribution in [0.5, 0.6) is 0 Å². The van der Waals surface area contributed by atoms with Gasteiger partial charge in [0.1, 0.15) is 5.65 Å². The number of nitrogens with one attached hydrogen (secondary N) is 2. The lowest BCUT2D eigenvalue weighted by molar-refractivity contribution is 0.108. The number of fused-ring (bicyclic) bond motifs is 2. The molecule has 0 unspecified atom stereocenters. The summed E-state index contributed by atoms with van der Waals surface area (Å²) in [4.78, 5) is 12.8. The van der Waals surface area contributed by atoms with Crippen LogP contribution < -0.4 is 5.32 Å². The monoisotopic (exact) mass is 334 g/mol. The fraction of sp³-hybridized carbons (Fsp3) is 0.400. The van der Waals surface area contributed by atoms with Gasteiger partial charge in [-0.3, -0.25) is 4.98 Å². The highest BCUT2D eigenvalue weighted by Gasteiger charge is 2.25. The predicted molar refractivity (Wildman–Crippen MR) is 97.4 cm³/mol. The molecule has 0 aliphatic carbocycles. The number of ether oxygens (including phenoxy) is 1. The molecule has 0 bridgehead atoms. The molecule has 2 N–H and O–H groups in total. The van der Waals surface area contributed by atoms with Crippen LogP contribution in [0.1, 0.15) is 41.3 Å². The second-order valence-corrected chi connectivity index (χ2v) is 7.07. The van der Waals surface area contributed by atoms with Crippen LogP contribution in [0.3, 0.4) is 0 Å². The highest BCUT2D eigenvalue weighted by atomic mass is 16.5. The van der Waals surface area contributed by atoms with E-state index in [0.717, 1.165) is 36.5 Å². The molecule has 2 aliphatic heterocycles. The van der Waals surface area contributed by atoms with Gasteiger partial charge in [0.2, 0.25) is 0 Å². The normalized spacial score (nSPS) is 20.1. The van der Waals surface area contributed by atoms with Crippen molar-refractivity contribution in [3.05, 3.63) is 46.9 Å². The molecule has 0 spiro atoms. The van der Waals surface area contributed by atoms with Crippen LogP contribution in [0.15, 0.2) is 24.5 Å². The van der Waals surface area contributed by atoms with E-state index in [9.17, 15) is 0 Å². The number of hydrogen-bond acceptors (Lipinski definition) is 4. The Labute approximate surface area is 146 Å².